The minimum atomic E-state index is 0. The number of hydrogen-bond donors (Lipinski definition) is 0. The van der Waals surface area contributed by atoms with Gasteiger partial charge in [0.1, 0.15) is 0 Å². The number of likely N-dealkylation sites (tertiary alicyclic amines) is 3. The average molecular weight is 734 g/mol. The van der Waals surface area contributed by atoms with Gasteiger partial charge in [-0.25, -0.2) is 0 Å². The Labute approximate surface area is 332 Å². The lowest BCUT2D eigenvalue weighted by molar-refractivity contribution is -0.238. The Morgan fingerprint density at radius 2 is 0.250 bits per heavy atom. The van der Waals surface area contributed by atoms with Crippen LogP contribution in [0.5, 0.6) is 0 Å². The van der Waals surface area contributed by atoms with Gasteiger partial charge in [0.25, 0.3) is 0 Å². The standard InChI is InChI=1S/3C16H33N.CH4/c3*1-12(2)13(3,4)15(7,8)17(11)16(9,10)14(12,5)6;/h3*1-11H3;1H4. The smallest absolute Gasteiger partial charge is 0.0211 e. The molecule has 3 rings (SSSR count). The van der Waals surface area contributed by atoms with Crippen molar-refractivity contribution in [3.8, 4) is 0 Å². The molecule has 52 heavy (non-hydrogen) atoms. The third-order valence-electron chi connectivity index (χ3n) is 23.6. The van der Waals surface area contributed by atoms with Crippen molar-refractivity contribution < 1.29 is 0 Å². The van der Waals surface area contributed by atoms with Crippen LogP contribution >= 0.6 is 0 Å². The topological polar surface area (TPSA) is 9.72 Å². The molecule has 0 spiro atoms. The van der Waals surface area contributed by atoms with Crippen molar-refractivity contribution in [1.29, 1.82) is 0 Å². The van der Waals surface area contributed by atoms with Gasteiger partial charge < -0.3 is 0 Å². The SMILES string of the molecule is C.CN1C(C)(C)C(C)(C)C(C)(C)C(C)(C)C1(C)C.CN1C(C)(C)C(C)(C)C(C)(C)C(C)(C)C1(C)C.CN1C(C)(C)C(C)(C)C(C)(C)C(C)(C)C1(C)C. The van der Waals surface area contributed by atoms with E-state index >= 15 is 0 Å². The molecule has 0 aliphatic carbocycles. The highest BCUT2D eigenvalue weighted by molar-refractivity contribution is 5.21. The third kappa shape index (κ3) is 5.76. The summed E-state index contributed by atoms with van der Waals surface area (Å²) < 4.78 is 0. The molecule has 3 nitrogen and oxygen atoms in total. The predicted molar refractivity (Wildman–Crippen MR) is 239 cm³/mol. The van der Waals surface area contributed by atoms with Crippen LogP contribution in [0.1, 0.15) is 215 Å². The van der Waals surface area contributed by atoms with E-state index in [-0.39, 0.29) is 89.4 Å². The second-order valence-electron chi connectivity index (χ2n) is 25.7. The van der Waals surface area contributed by atoms with Crippen LogP contribution in [0.15, 0.2) is 0 Å². The Morgan fingerprint density at radius 3 is 0.327 bits per heavy atom. The maximum Gasteiger partial charge on any atom is 0.0211 e. The van der Waals surface area contributed by atoms with E-state index in [0.717, 1.165) is 0 Å². The van der Waals surface area contributed by atoms with E-state index in [1.54, 1.807) is 0 Å². The average Bonchev–Trinajstić information content (AvgIpc) is 2.93. The molecule has 0 amide bonds. The summed E-state index contributed by atoms with van der Waals surface area (Å²) in [4.78, 5) is 7.77. The molecule has 0 aromatic carbocycles. The molecule has 0 radical (unpaired) electrons. The highest BCUT2D eigenvalue weighted by Gasteiger charge is 2.69. The summed E-state index contributed by atoms with van der Waals surface area (Å²) >= 11 is 0. The molecule has 0 bridgehead atoms. The highest BCUT2D eigenvalue weighted by Crippen LogP contribution is 2.69. The largest absolute Gasteiger partial charge is 0.295 e. The second kappa shape index (κ2) is 12.9. The van der Waals surface area contributed by atoms with E-state index in [4.69, 9.17) is 0 Å². The van der Waals surface area contributed by atoms with Gasteiger partial charge in [-0.1, -0.05) is 132 Å². The molecule has 3 saturated heterocycles. The summed E-state index contributed by atoms with van der Waals surface area (Å²) in [6, 6.07) is 0. The fraction of sp³-hybridized carbons (Fsp3) is 1.00. The zero-order valence-electron chi connectivity index (χ0n) is 41.8. The van der Waals surface area contributed by atoms with Gasteiger partial charge in [0.2, 0.25) is 0 Å². The van der Waals surface area contributed by atoms with Gasteiger partial charge >= 0.3 is 0 Å². The Bertz CT molecular complexity index is 1020. The van der Waals surface area contributed by atoms with Crippen LogP contribution in [-0.4, -0.2) is 69.1 Å². The number of nitrogens with zero attached hydrogens (tertiary/aromatic N) is 3. The first-order chi connectivity index (χ1) is 21.5. The van der Waals surface area contributed by atoms with Crippen LogP contribution in [0.2, 0.25) is 0 Å². The zero-order chi connectivity index (χ0) is 42.2. The van der Waals surface area contributed by atoms with Gasteiger partial charge in [0.15, 0.2) is 0 Å². The van der Waals surface area contributed by atoms with Crippen LogP contribution in [0, 0.1) is 48.7 Å². The summed E-state index contributed by atoms with van der Waals surface area (Å²) in [5.74, 6) is 0. The fourth-order valence-electron chi connectivity index (χ4n) is 11.5. The summed E-state index contributed by atoms with van der Waals surface area (Å²) in [5.41, 5.74) is 3.52. The van der Waals surface area contributed by atoms with Crippen LogP contribution in [-0.2, 0) is 0 Å². The van der Waals surface area contributed by atoms with E-state index in [1.165, 1.54) is 0 Å². The normalized spacial score (nSPS) is 32.7. The Balaban J connectivity index is 0.000000743. The van der Waals surface area contributed by atoms with Gasteiger partial charge in [-0.2, -0.15) is 0 Å². The molecule has 0 aromatic heterocycles. The molecular weight excluding hydrogens is 631 g/mol. The maximum absolute atomic E-state index is 2.59. The fourth-order valence-corrected chi connectivity index (χ4v) is 11.5. The van der Waals surface area contributed by atoms with E-state index < -0.39 is 0 Å². The lowest BCUT2D eigenvalue weighted by Gasteiger charge is -2.73. The molecule has 3 heterocycles. The van der Waals surface area contributed by atoms with Crippen molar-refractivity contribution in [3.63, 3.8) is 0 Å². The molecule has 0 saturated carbocycles. The molecule has 0 unspecified atom stereocenters. The first-order valence-electron chi connectivity index (χ1n) is 20.7. The Morgan fingerprint density at radius 1 is 0.173 bits per heavy atom. The first kappa shape index (κ1) is 51.9. The van der Waals surface area contributed by atoms with Crippen molar-refractivity contribution in [2.24, 2.45) is 48.7 Å². The Hall–Kier alpha value is -0.120. The van der Waals surface area contributed by atoms with E-state index in [9.17, 15) is 0 Å². The molecule has 314 valence electrons. The van der Waals surface area contributed by atoms with E-state index in [2.05, 4.69) is 244 Å². The van der Waals surface area contributed by atoms with Gasteiger partial charge in [-0.05, 0) is 153 Å². The van der Waals surface area contributed by atoms with Crippen molar-refractivity contribution in [2.75, 3.05) is 21.1 Å². The third-order valence-corrected chi connectivity index (χ3v) is 23.6. The first-order valence-corrected chi connectivity index (χ1v) is 20.7. The number of hydrogen-bond acceptors (Lipinski definition) is 3. The van der Waals surface area contributed by atoms with Gasteiger partial charge in [0, 0.05) is 33.2 Å². The van der Waals surface area contributed by atoms with Crippen LogP contribution < -0.4 is 0 Å². The molecule has 0 N–H and O–H groups in total. The minimum absolute atomic E-state index is 0. The lowest BCUT2D eigenvalue weighted by Crippen LogP contribution is -2.76. The van der Waals surface area contributed by atoms with Crippen molar-refractivity contribution in [2.45, 2.75) is 248 Å². The van der Waals surface area contributed by atoms with Crippen LogP contribution in [0.4, 0.5) is 0 Å². The molecule has 3 aliphatic heterocycles. The molecule has 0 aromatic rings. The van der Waals surface area contributed by atoms with Crippen molar-refractivity contribution >= 4 is 0 Å². The quantitative estimate of drug-likeness (QED) is 0.245. The molecule has 3 heteroatoms. The van der Waals surface area contributed by atoms with Gasteiger partial charge in [-0.15, -0.1) is 0 Å². The Kier molecular flexibility index (Phi) is 12.9. The molecule has 3 fully saturated rings. The lowest BCUT2D eigenvalue weighted by atomic mass is 9.41. The van der Waals surface area contributed by atoms with Gasteiger partial charge in [-0.3, -0.25) is 14.7 Å². The summed E-state index contributed by atoms with van der Waals surface area (Å²) in [6.45, 7) is 72.6. The zero-order valence-corrected chi connectivity index (χ0v) is 41.8. The number of piperidine rings is 3. The van der Waals surface area contributed by atoms with Crippen molar-refractivity contribution in [3.05, 3.63) is 0 Å². The van der Waals surface area contributed by atoms with E-state index in [0.29, 0.717) is 0 Å². The van der Waals surface area contributed by atoms with Crippen molar-refractivity contribution in [1.82, 2.24) is 14.7 Å². The van der Waals surface area contributed by atoms with Crippen LogP contribution in [0.3, 0.4) is 0 Å². The highest BCUT2D eigenvalue weighted by atomic mass is 15.3. The molecule has 0 atom stereocenters. The molecular formula is C49H103N3. The second-order valence-corrected chi connectivity index (χ2v) is 25.7. The monoisotopic (exact) mass is 734 g/mol. The number of rotatable bonds is 0. The maximum atomic E-state index is 2.59. The van der Waals surface area contributed by atoms with E-state index in [1.807, 2.05) is 0 Å². The predicted octanol–water partition coefficient (Wildman–Crippen LogP) is 14.3. The van der Waals surface area contributed by atoms with Gasteiger partial charge in [0.05, 0.1) is 0 Å². The molecule has 3 aliphatic rings. The minimum Gasteiger partial charge on any atom is -0.295 e. The summed E-state index contributed by atoms with van der Waals surface area (Å²) in [5, 5.41) is 0. The summed E-state index contributed by atoms with van der Waals surface area (Å²) in [6.07, 6.45) is 0. The van der Waals surface area contributed by atoms with Crippen LogP contribution in [0.25, 0.3) is 0 Å². The summed E-state index contributed by atoms with van der Waals surface area (Å²) in [7, 11) is 6.87.